The lowest BCUT2D eigenvalue weighted by molar-refractivity contribution is -0.276. The van der Waals surface area contributed by atoms with Gasteiger partial charge in [0.15, 0.2) is 5.75 Å². The van der Waals surface area contributed by atoms with Crippen LogP contribution in [0.2, 0.25) is 0 Å². The van der Waals surface area contributed by atoms with E-state index in [0.717, 1.165) is 6.20 Å². The average molecular weight is 358 g/mol. The molecule has 0 saturated heterocycles. The summed E-state index contributed by atoms with van der Waals surface area (Å²) in [5.74, 6) is -1.53. The lowest BCUT2D eigenvalue weighted by Crippen LogP contribution is -2.20. The highest BCUT2D eigenvalue weighted by Gasteiger charge is 2.34. The molecule has 0 amide bonds. The molecule has 20 heavy (non-hydrogen) atoms. The van der Waals surface area contributed by atoms with E-state index in [1.165, 1.54) is 7.11 Å². The number of rotatable bonds is 5. The summed E-state index contributed by atoms with van der Waals surface area (Å²) in [5.41, 5.74) is -0.249. The minimum absolute atomic E-state index is 0.00687. The summed E-state index contributed by atoms with van der Waals surface area (Å²) in [6.07, 6.45) is -3.94. The number of carbonyl (C=O) groups excluding carboxylic acids is 1. The van der Waals surface area contributed by atoms with Gasteiger partial charge in [0.2, 0.25) is 5.88 Å². The van der Waals surface area contributed by atoms with E-state index in [2.05, 4.69) is 25.7 Å². The minimum atomic E-state index is -4.91. The first kappa shape index (κ1) is 16.5. The fourth-order valence-corrected chi connectivity index (χ4v) is 1.94. The molecular weight excluding hydrogens is 347 g/mol. The molecule has 1 aromatic rings. The zero-order chi connectivity index (χ0) is 15.3. The molecule has 0 aromatic carbocycles. The summed E-state index contributed by atoms with van der Waals surface area (Å²) in [6, 6.07) is 0. The number of aromatic nitrogens is 1. The number of methoxy groups -OCH3 is 1. The zero-order valence-corrected chi connectivity index (χ0v) is 12.2. The number of hydrogen-bond acceptors (Lipinski definition) is 5. The van der Waals surface area contributed by atoms with Crippen LogP contribution in [-0.2, 0) is 10.1 Å². The van der Waals surface area contributed by atoms with Gasteiger partial charge in [0.1, 0.15) is 5.56 Å². The lowest BCUT2D eigenvalue weighted by atomic mass is 10.1. The fraction of sp³-hybridized carbons (Fsp3) is 0.455. The molecule has 1 heterocycles. The Bertz CT molecular complexity index is 493. The third kappa shape index (κ3) is 3.99. The van der Waals surface area contributed by atoms with E-state index in [1.807, 2.05) is 0 Å². The molecule has 0 fully saturated rings. The van der Waals surface area contributed by atoms with Crippen molar-refractivity contribution in [1.29, 1.82) is 0 Å². The molecule has 9 heteroatoms. The van der Waals surface area contributed by atoms with Gasteiger partial charge in [-0.25, -0.2) is 9.78 Å². The van der Waals surface area contributed by atoms with Gasteiger partial charge in [0.05, 0.1) is 19.9 Å². The first-order valence-electron chi connectivity index (χ1n) is 5.38. The molecule has 0 aliphatic rings. The highest BCUT2D eigenvalue weighted by atomic mass is 79.9. The highest BCUT2D eigenvalue weighted by molar-refractivity contribution is 9.08. The Morgan fingerprint density at radius 1 is 1.45 bits per heavy atom. The van der Waals surface area contributed by atoms with Gasteiger partial charge in [-0.15, -0.1) is 13.2 Å². The van der Waals surface area contributed by atoms with Gasteiger partial charge in [-0.1, -0.05) is 15.9 Å². The van der Waals surface area contributed by atoms with Crippen molar-refractivity contribution in [3.8, 4) is 11.6 Å². The van der Waals surface area contributed by atoms with E-state index in [-0.39, 0.29) is 28.8 Å². The van der Waals surface area contributed by atoms with Gasteiger partial charge in [0.25, 0.3) is 0 Å². The summed E-state index contributed by atoms with van der Waals surface area (Å²) >= 11 is 3.00. The molecule has 1 aromatic heterocycles. The Balaban J connectivity index is 3.36. The standard InChI is InChI=1S/C11H11BrF3NO4/c1-3-19-10(17)8-6(4-12)9(20-11(13,14)15)16-5-7(8)18-2/h5H,3-4H2,1-2H3. The molecule has 0 aliphatic carbocycles. The van der Waals surface area contributed by atoms with Crippen LogP contribution in [-0.4, -0.2) is 31.0 Å². The van der Waals surface area contributed by atoms with Gasteiger partial charge in [-0.2, -0.15) is 0 Å². The quantitative estimate of drug-likeness (QED) is 0.598. The van der Waals surface area contributed by atoms with Crippen LogP contribution in [0.5, 0.6) is 11.6 Å². The normalized spacial score (nSPS) is 11.1. The smallest absolute Gasteiger partial charge is 0.494 e. The molecule has 0 saturated carbocycles. The second kappa shape index (κ2) is 6.78. The predicted molar refractivity (Wildman–Crippen MR) is 66.1 cm³/mol. The number of halogens is 4. The van der Waals surface area contributed by atoms with Crippen LogP contribution in [0.25, 0.3) is 0 Å². The third-order valence-electron chi connectivity index (χ3n) is 2.15. The van der Waals surface area contributed by atoms with E-state index in [1.54, 1.807) is 6.92 Å². The van der Waals surface area contributed by atoms with Crippen LogP contribution in [0.1, 0.15) is 22.8 Å². The molecule has 0 N–H and O–H groups in total. The summed E-state index contributed by atoms with van der Waals surface area (Å²) in [6.45, 7) is 1.65. The number of hydrogen-bond donors (Lipinski definition) is 0. The Labute approximate surface area is 121 Å². The molecule has 0 atom stereocenters. The fourth-order valence-electron chi connectivity index (χ4n) is 1.42. The van der Waals surface area contributed by atoms with E-state index >= 15 is 0 Å². The van der Waals surface area contributed by atoms with Crippen molar-refractivity contribution in [2.45, 2.75) is 18.6 Å². The minimum Gasteiger partial charge on any atom is -0.494 e. The Kier molecular flexibility index (Phi) is 5.61. The second-order valence-electron chi connectivity index (χ2n) is 3.39. The zero-order valence-electron chi connectivity index (χ0n) is 10.6. The first-order valence-corrected chi connectivity index (χ1v) is 6.50. The van der Waals surface area contributed by atoms with E-state index in [4.69, 9.17) is 9.47 Å². The highest BCUT2D eigenvalue weighted by Crippen LogP contribution is 2.33. The van der Waals surface area contributed by atoms with Crippen LogP contribution < -0.4 is 9.47 Å². The number of nitrogens with zero attached hydrogens (tertiary/aromatic N) is 1. The van der Waals surface area contributed by atoms with Gasteiger partial charge in [-0.3, -0.25) is 0 Å². The van der Waals surface area contributed by atoms with Gasteiger partial charge in [-0.05, 0) is 6.92 Å². The third-order valence-corrected chi connectivity index (χ3v) is 2.71. The topological polar surface area (TPSA) is 57.7 Å². The van der Waals surface area contributed by atoms with Crippen molar-refractivity contribution >= 4 is 21.9 Å². The Morgan fingerprint density at radius 2 is 2.10 bits per heavy atom. The van der Waals surface area contributed by atoms with Crippen LogP contribution >= 0.6 is 15.9 Å². The summed E-state index contributed by atoms with van der Waals surface area (Å²) < 4.78 is 50.4. The maximum atomic E-state index is 12.3. The van der Waals surface area contributed by atoms with Crippen molar-refractivity contribution in [2.75, 3.05) is 13.7 Å². The molecule has 0 radical (unpaired) electrons. The molecule has 0 unspecified atom stereocenters. The number of esters is 1. The molecule has 5 nitrogen and oxygen atoms in total. The maximum Gasteiger partial charge on any atom is 0.574 e. The van der Waals surface area contributed by atoms with Crippen molar-refractivity contribution in [1.82, 2.24) is 4.98 Å². The SMILES string of the molecule is CCOC(=O)c1c(OC)cnc(OC(F)(F)F)c1CBr. The number of ether oxygens (including phenoxy) is 3. The lowest BCUT2D eigenvalue weighted by Gasteiger charge is -2.16. The van der Waals surface area contributed by atoms with Crippen molar-refractivity contribution < 1.29 is 32.2 Å². The molecule has 0 bridgehead atoms. The molecule has 112 valence electrons. The Hall–Kier alpha value is -1.51. The maximum absolute atomic E-state index is 12.3. The van der Waals surface area contributed by atoms with E-state index < -0.39 is 18.2 Å². The largest absolute Gasteiger partial charge is 0.574 e. The molecular formula is C11H11BrF3NO4. The summed E-state index contributed by atoms with van der Waals surface area (Å²) in [4.78, 5) is 15.3. The van der Waals surface area contributed by atoms with Crippen LogP contribution in [0.15, 0.2) is 6.20 Å². The van der Waals surface area contributed by atoms with Gasteiger partial charge < -0.3 is 14.2 Å². The van der Waals surface area contributed by atoms with Crippen molar-refractivity contribution in [3.05, 3.63) is 17.3 Å². The molecule has 1 rings (SSSR count). The second-order valence-corrected chi connectivity index (χ2v) is 3.95. The van der Waals surface area contributed by atoms with Crippen LogP contribution in [0, 0.1) is 0 Å². The van der Waals surface area contributed by atoms with E-state index in [0.29, 0.717) is 0 Å². The van der Waals surface area contributed by atoms with E-state index in [9.17, 15) is 18.0 Å². The molecule has 0 spiro atoms. The van der Waals surface area contributed by atoms with Gasteiger partial charge >= 0.3 is 12.3 Å². The predicted octanol–water partition coefficient (Wildman–Crippen LogP) is 3.06. The van der Waals surface area contributed by atoms with Crippen LogP contribution in [0.4, 0.5) is 13.2 Å². The number of carbonyl (C=O) groups is 1. The van der Waals surface area contributed by atoms with Gasteiger partial charge in [0, 0.05) is 10.9 Å². The monoisotopic (exact) mass is 357 g/mol. The number of pyridine rings is 1. The Morgan fingerprint density at radius 3 is 2.55 bits per heavy atom. The van der Waals surface area contributed by atoms with Crippen molar-refractivity contribution in [3.63, 3.8) is 0 Å². The van der Waals surface area contributed by atoms with Crippen LogP contribution in [0.3, 0.4) is 0 Å². The number of alkyl halides is 4. The molecule has 0 aliphatic heterocycles. The van der Waals surface area contributed by atoms with Crippen molar-refractivity contribution in [2.24, 2.45) is 0 Å². The first-order chi connectivity index (χ1) is 9.34. The summed E-state index contributed by atoms with van der Waals surface area (Å²) in [5, 5.41) is -0.0865. The summed E-state index contributed by atoms with van der Waals surface area (Å²) in [7, 11) is 1.27. The average Bonchev–Trinajstić information content (AvgIpc) is 2.36.